The number of halogens is 1. The summed E-state index contributed by atoms with van der Waals surface area (Å²) in [7, 11) is 0. The predicted molar refractivity (Wildman–Crippen MR) is 116 cm³/mol. The van der Waals surface area contributed by atoms with Gasteiger partial charge in [0.1, 0.15) is 0 Å². The molecule has 4 aromatic rings. The fourth-order valence-electron chi connectivity index (χ4n) is 3.10. The number of carbonyl (C=O) groups excluding carboxylic acids is 1. The minimum Gasteiger partial charge on any atom is -0.272 e. The van der Waals surface area contributed by atoms with Crippen LogP contribution in [0.25, 0.3) is 5.78 Å². The molecule has 4 rings (SSSR count). The monoisotopic (exact) mass is 432 g/mol. The third-order valence-corrected chi connectivity index (χ3v) is 5.18. The number of nitriles is 1. The molecule has 1 N–H and O–H groups in total. The van der Waals surface area contributed by atoms with Gasteiger partial charge in [0, 0.05) is 21.8 Å². The number of nitrogens with one attached hydrogen (secondary N) is 1. The molecular weight excluding hydrogens is 416 g/mol. The van der Waals surface area contributed by atoms with Gasteiger partial charge in [-0.2, -0.15) is 14.8 Å². The average Bonchev–Trinajstić information content (AvgIpc) is 3.19. The van der Waals surface area contributed by atoms with Crippen LogP contribution < -0.4 is 10.5 Å². The lowest BCUT2D eigenvalue weighted by Gasteiger charge is -2.20. The second-order valence-electron chi connectivity index (χ2n) is 7.02. The molecular formula is C22H17ClN6O2. The van der Waals surface area contributed by atoms with Crippen LogP contribution in [0.2, 0.25) is 5.02 Å². The van der Waals surface area contributed by atoms with Crippen molar-refractivity contribution in [1.82, 2.24) is 19.6 Å². The van der Waals surface area contributed by atoms with Gasteiger partial charge in [0.05, 0.1) is 18.2 Å². The highest BCUT2D eigenvalue weighted by Gasteiger charge is 2.23. The Morgan fingerprint density at radius 2 is 1.94 bits per heavy atom. The molecule has 0 radical (unpaired) electrons. The van der Waals surface area contributed by atoms with Crippen molar-refractivity contribution in [1.29, 1.82) is 5.26 Å². The molecule has 0 fully saturated rings. The first-order valence-electron chi connectivity index (χ1n) is 9.40. The first kappa shape index (κ1) is 20.3. The SMILES string of the molecule is Cc1nc2nc(N(Cc3ccc(C#N)cc3)C(=O)c3cccc(Cl)c3)[nH]n2c(=O)c1C. The van der Waals surface area contributed by atoms with Crippen molar-refractivity contribution in [3.63, 3.8) is 0 Å². The molecule has 0 saturated heterocycles. The highest BCUT2D eigenvalue weighted by atomic mass is 35.5. The minimum atomic E-state index is -0.354. The zero-order valence-electron chi connectivity index (χ0n) is 16.8. The quantitative estimate of drug-likeness (QED) is 0.531. The van der Waals surface area contributed by atoms with Gasteiger partial charge in [-0.1, -0.05) is 29.8 Å². The van der Waals surface area contributed by atoms with Gasteiger partial charge in [0.25, 0.3) is 17.2 Å². The molecule has 0 spiro atoms. The maximum Gasteiger partial charge on any atom is 0.277 e. The molecule has 31 heavy (non-hydrogen) atoms. The highest BCUT2D eigenvalue weighted by molar-refractivity contribution is 6.31. The number of carbonyl (C=O) groups is 1. The normalized spacial score (nSPS) is 10.8. The Morgan fingerprint density at radius 1 is 1.19 bits per heavy atom. The van der Waals surface area contributed by atoms with E-state index in [1.807, 2.05) is 0 Å². The predicted octanol–water partition coefficient (Wildman–Crippen LogP) is 3.41. The van der Waals surface area contributed by atoms with E-state index < -0.39 is 0 Å². The molecule has 0 bridgehead atoms. The molecule has 0 aliphatic heterocycles. The van der Waals surface area contributed by atoms with Gasteiger partial charge >= 0.3 is 0 Å². The third-order valence-electron chi connectivity index (χ3n) is 4.95. The number of aromatic nitrogens is 4. The van der Waals surface area contributed by atoms with E-state index in [1.54, 1.807) is 62.4 Å². The minimum absolute atomic E-state index is 0.156. The van der Waals surface area contributed by atoms with E-state index in [9.17, 15) is 9.59 Å². The van der Waals surface area contributed by atoms with Crippen LogP contribution in [0, 0.1) is 25.2 Å². The summed E-state index contributed by atoms with van der Waals surface area (Å²) in [4.78, 5) is 36.1. The molecule has 2 heterocycles. The first-order chi connectivity index (χ1) is 14.9. The van der Waals surface area contributed by atoms with Crippen LogP contribution >= 0.6 is 11.6 Å². The fourth-order valence-corrected chi connectivity index (χ4v) is 3.29. The number of hydrogen-bond donors (Lipinski definition) is 1. The van der Waals surface area contributed by atoms with Crippen LogP contribution in [-0.4, -0.2) is 25.5 Å². The second-order valence-corrected chi connectivity index (χ2v) is 7.46. The molecule has 2 aromatic carbocycles. The van der Waals surface area contributed by atoms with Crippen molar-refractivity contribution in [3.05, 3.63) is 91.9 Å². The number of aryl methyl sites for hydroxylation is 1. The van der Waals surface area contributed by atoms with E-state index in [0.717, 1.165) is 5.56 Å². The summed E-state index contributed by atoms with van der Waals surface area (Å²) in [6.45, 7) is 3.57. The van der Waals surface area contributed by atoms with Gasteiger partial charge in [-0.05, 0) is 49.7 Å². The Labute approximate surface area is 182 Å². The topological polar surface area (TPSA) is 107 Å². The van der Waals surface area contributed by atoms with Gasteiger partial charge in [-0.3, -0.25) is 19.6 Å². The number of anilines is 1. The second kappa shape index (κ2) is 8.05. The molecule has 8 nitrogen and oxygen atoms in total. The van der Waals surface area contributed by atoms with Crippen LogP contribution in [0.3, 0.4) is 0 Å². The van der Waals surface area contributed by atoms with E-state index in [1.165, 1.54) is 9.42 Å². The molecule has 2 aromatic heterocycles. The number of aromatic amines is 1. The lowest BCUT2D eigenvalue weighted by molar-refractivity contribution is 0.0983. The summed E-state index contributed by atoms with van der Waals surface area (Å²) in [6.07, 6.45) is 0. The summed E-state index contributed by atoms with van der Waals surface area (Å²) in [5.41, 5.74) is 2.45. The molecule has 154 valence electrons. The number of hydrogen-bond acceptors (Lipinski definition) is 5. The number of nitrogens with zero attached hydrogens (tertiary/aromatic N) is 5. The van der Waals surface area contributed by atoms with Gasteiger partial charge < -0.3 is 0 Å². The van der Waals surface area contributed by atoms with Crippen molar-refractivity contribution in [2.45, 2.75) is 20.4 Å². The number of rotatable bonds is 4. The number of H-pyrrole nitrogens is 1. The molecule has 9 heteroatoms. The smallest absolute Gasteiger partial charge is 0.272 e. The molecule has 0 aliphatic carbocycles. The Morgan fingerprint density at radius 3 is 2.61 bits per heavy atom. The van der Waals surface area contributed by atoms with E-state index in [0.29, 0.717) is 27.4 Å². The van der Waals surface area contributed by atoms with Crippen molar-refractivity contribution < 1.29 is 4.79 Å². The first-order valence-corrected chi connectivity index (χ1v) is 9.77. The van der Waals surface area contributed by atoms with Crippen LogP contribution in [-0.2, 0) is 6.54 Å². The molecule has 0 atom stereocenters. The Kier molecular flexibility index (Phi) is 5.28. The summed E-state index contributed by atoms with van der Waals surface area (Å²) in [5.74, 6) is -0.0110. The highest BCUT2D eigenvalue weighted by Crippen LogP contribution is 2.20. The Balaban J connectivity index is 1.82. The van der Waals surface area contributed by atoms with E-state index in [4.69, 9.17) is 16.9 Å². The molecule has 0 saturated carbocycles. The standard InChI is InChI=1S/C22H17ClN6O2/c1-13-14(2)25-21-26-22(27-29(21)19(13)30)28(12-16-8-6-15(11-24)7-9-16)20(31)17-4-3-5-18(23)10-17/h3-10H,12H2,1-2H3,(H,25,26,27). The molecule has 0 aliphatic rings. The van der Waals surface area contributed by atoms with Crippen LogP contribution in [0.1, 0.15) is 32.7 Å². The van der Waals surface area contributed by atoms with E-state index in [-0.39, 0.29) is 29.7 Å². The summed E-state index contributed by atoms with van der Waals surface area (Å²) in [5, 5.41) is 12.3. The van der Waals surface area contributed by atoms with Gasteiger partial charge in [-0.25, -0.2) is 4.98 Å². The van der Waals surface area contributed by atoms with Crippen molar-refractivity contribution in [3.8, 4) is 6.07 Å². The summed E-state index contributed by atoms with van der Waals surface area (Å²) >= 11 is 6.07. The maximum absolute atomic E-state index is 13.4. The Hall–Kier alpha value is -3.96. The van der Waals surface area contributed by atoms with E-state index in [2.05, 4.69) is 21.1 Å². The number of benzene rings is 2. The molecule has 1 amide bonds. The lowest BCUT2D eigenvalue weighted by atomic mass is 10.1. The van der Waals surface area contributed by atoms with E-state index >= 15 is 0 Å². The largest absolute Gasteiger partial charge is 0.277 e. The maximum atomic E-state index is 13.4. The van der Waals surface area contributed by atoms with Gasteiger partial charge in [-0.15, -0.1) is 0 Å². The number of amides is 1. The van der Waals surface area contributed by atoms with Crippen molar-refractivity contribution >= 4 is 29.2 Å². The summed E-state index contributed by atoms with van der Waals surface area (Å²) in [6, 6.07) is 15.5. The van der Waals surface area contributed by atoms with Crippen molar-refractivity contribution in [2.75, 3.05) is 4.90 Å². The zero-order valence-corrected chi connectivity index (χ0v) is 17.5. The number of fused-ring (bicyclic) bond motifs is 1. The van der Waals surface area contributed by atoms with Crippen LogP contribution in [0.15, 0.2) is 53.3 Å². The zero-order chi connectivity index (χ0) is 22.1. The van der Waals surface area contributed by atoms with Crippen molar-refractivity contribution in [2.24, 2.45) is 0 Å². The molecule has 0 unspecified atom stereocenters. The fraction of sp³-hybridized carbons (Fsp3) is 0.136. The summed E-state index contributed by atoms with van der Waals surface area (Å²) < 4.78 is 1.22. The third kappa shape index (κ3) is 3.91. The van der Waals surface area contributed by atoms with Crippen LogP contribution in [0.4, 0.5) is 5.95 Å². The van der Waals surface area contributed by atoms with Gasteiger partial charge in [0.15, 0.2) is 0 Å². The van der Waals surface area contributed by atoms with Gasteiger partial charge in [0.2, 0.25) is 5.95 Å². The lowest BCUT2D eigenvalue weighted by Crippen LogP contribution is -2.31. The van der Waals surface area contributed by atoms with Crippen LogP contribution in [0.5, 0.6) is 0 Å². The average molecular weight is 433 g/mol. The Bertz CT molecular complexity index is 1400.